The van der Waals surface area contributed by atoms with Crippen molar-refractivity contribution in [2.75, 3.05) is 0 Å². The van der Waals surface area contributed by atoms with Crippen LogP contribution in [0.15, 0.2) is 54.6 Å². The zero-order chi connectivity index (χ0) is 25.7. The molecule has 1 saturated carbocycles. The zero-order valence-corrected chi connectivity index (χ0v) is 21.0. The average Bonchev–Trinajstić information content (AvgIpc) is 2.90. The van der Waals surface area contributed by atoms with Gasteiger partial charge < -0.3 is 4.74 Å². The monoisotopic (exact) mass is 494 g/mol. The van der Waals surface area contributed by atoms with Gasteiger partial charge in [-0.3, -0.25) is 0 Å². The number of hydrogen-bond donors (Lipinski definition) is 0. The first-order valence-electron chi connectivity index (χ1n) is 13.0. The largest absolute Gasteiger partial charge is 0.420 e. The number of esters is 1. The van der Waals surface area contributed by atoms with Crippen LogP contribution in [-0.4, -0.2) is 5.97 Å². The topological polar surface area (TPSA) is 26.3 Å². The van der Waals surface area contributed by atoms with Crippen LogP contribution in [0.2, 0.25) is 0 Å². The minimum absolute atomic E-state index is 0.0132. The lowest BCUT2D eigenvalue weighted by atomic mass is 9.77. The fourth-order valence-corrected chi connectivity index (χ4v) is 5.10. The summed E-state index contributed by atoms with van der Waals surface area (Å²) in [7, 11) is 0. The highest BCUT2D eigenvalue weighted by Crippen LogP contribution is 2.39. The van der Waals surface area contributed by atoms with Crippen LogP contribution in [0.25, 0.3) is 11.1 Å². The van der Waals surface area contributed by atoms with Crippen LogP contribution < -0.4 is 4.74 Å². The van der Waals surface area contributed by atoms with Crippen molar-refractivity contribution in [1.29, 1.82) is 0 Å². The number of carbonyl (C=O) groups excluding carboxylic acids is 1. The van der Waals surface area contributed by atoms with Crippen molar-refractivity contribution in [3.8, 4) is 16.9 Å². The number of halogens is 3. The van der Waals surface area contributed by atoms with Gasteiger partial charge in [0.25, 0.3) is 0 Å². The first kappa shape index (κ1) is 26.0. The molecule has 3 aromatic rings. The van der Waals surface area contributed by atoms with Crippen molar-refractivity contribution in [3.63, 3.8) is 0 Å². The molecule has 4 rings (SSSR count). The molecule has 5 heteroatoms. The van der Waals surface area contributed by atoms with Gasteiger partial charge in [-0.1, -0.05) is 57.0 Å². The van der Waals surface area contributed by atoms with E-state index in [-0.39, 0.29) is 17.3 Å². The van der Waals surface area contributed by atoms with E-state index in [1.165, 1.54) is 24.3 Å². The predicted octanol–water partition coefficient (Wildman–Crippen LogP) is 9.02. The van der Waals surface area contributed by atoms with Gasteiger partial charge in [-0.15, -0.1) is 0 Å². The van der Waals surface area contributed by atoms with Gasteiger partial charge in [0.05, 0.1) is 5.56 Å². The Morgan fingerprint density at radius 1 is 0.889 bits per heavy atom. The van der Waals surface area contributed by atoms with Crippen LogP contribution in [-0.2, 0) is 6.42 Å². The maximum absolute atomic E-state index is 14.9. The lowest BCUT2D eigenvalue weighted by Crippen LogP contribution is -2.15. The quantitative estimate of drug-likeness (QED) is 0.231. The minimum atomic E-state index is -1.14. The second-order valence-electron chi connectivity index (χ2n) is 9.79. The Kier molecular flexibility index (Phi) is 8.50. The first-order valence-corrected chi connectivity index (χ1v) is 13.0. The van der Waals surface area contributed by atoms with Gasteiger partial charge >= 0.3 is 5.97 Å². The molecule has 0 aromatic heterocycles. The van der Waals surface area contributed by atoms with E-state index >= 15 is 0 Å². The standard InChI is InChI=1S/C31H33F3O2/c1-3-5-6-21-9-16-25(27(32)19-21)22-12-14-24(15-13-22)31(35)36-28-18-17-26(29(33)30(28)34)23-10-7-20(4-2)8-11-23/h9,12-20,23H,3-8,10-11H2,1-2H3. The molecular weight excluding hydrogens is 461 g/mol. The fraction of sp³-hybridized carbons (Fsp3) is 0.387. The summed E-state index contributed by atoms with van der Waals surface area (Å²) in [5.41, 5.74) is 2.53. The molecular formula is C31H33F3O2. The molecule has 0 aliphatic heterocycles. The number of unbranched alkanes of at least 4 members (excludes halogenated alkanes) is 1. The Balaban J connectivity index is 1.44. The second-order valence-corrected chi connectivity index (χ2v) is 9.79. The highest BCUT2D eigenvalue weighted by molar-refractivity contribution is 5.91. The van der Waals surface area contributed by atoms with E-state index in [1.54, 1.807) is 24.3 Å². The molecule has 0 unspecified atom stereocenters. The summed E-state index contributed by atoms with van der Waals surface area (Å²) in [6.45, 7) is 4.25. The smallest absolute Gasteiger partial charge is 0.343 e. The number of aryl methyl sites for hydroxylation is 1. The minimum Gasteiger partial charge on any atom is -0.420 e. The number of ether oxygens (including phenoxy) is 1. The summed E-state index contributed by atoms with van der Waals surface area (Å²) in [6.07, 6.45) is 7.69. The summed E-state index contributed by atoms with van der Waals surface area (Å²) in [6, 6.07) is 14.3. The molecule has 0 atom stereocenters. The Morgan fingerprint density at radius 2 is 1.61 bits per heavy atom. The normalized spacial score (nSPS) is 17.7. The zero-order valence-electron chi connectivity index (χ0n) is 21.0. The van der Waals surface area contributed by atoms with Gasteiger partial charge in [0.2, 0.25) is 5.82 Å². The van der Waals surface area contributed by atoms with Crippen molar-refractivity contribution in [2.45, 2.75) is 71.1 Å². The molecule has 1 aliphatic rings. The van der Waals surface area contributed by atoms with Gasteiger partial charge in [0, 0.05) is 5.56 Å². The van der Waals surface area contributed by atoms with E-state index in [0.717, 1.165) is 56.9 Å². The number of benzene rings is 3. The summed E-state index contributed by atoms with van der Waals surface area (Å²) in [5.74, 6) is -2.98. The Bertz CT molecular complexity index is 1200. The number of rotatable bonds is 8. The Labute approximate surface area is 211 Å². The molecule has 0 spiro atoms. The lowest BCUT2D eigenvalue weighted by molar-refractivity contribution is 0.0726. The van der Waals surface area contributed by atoms with E-state index in [1.807, 2.05) is 6.07 Å². The fourth-order valence-electron chi connectivity index (χ4n) is 5.10. The molecule has 0 heterocycles. The summed E-state index contributed by atoms with van der Waals surface area (Å²) >= 11 is 0. The van der Waals surface area contributed by atoms with Gasteiger partial charge in [0.1, 0.15) is 5.82 Å². The third-order valence-electron chi connectivity index (χ3n) is 7.43. The van der Waals surface area contributed by atoms with Crippen LogP contribution in [0.4, 0.5) is 13.2 Å². The molecule has 1 aliphatic carbocycles. The maximum Gasteiger partial charge on any atom is 0.343 e. The van der Waals surface area contributed by atoms with Gasteiger partial charge in [0.15, 0.2) is 11.6 Å². The van der Waals surface area contributed by atoms with Crippen LogP contribution >= 0.6 is 0 Å². The highest BCUT2D eigenvalue weighted by Gasteiger charge is 2.26. The molecule has 36 heavy (non-hydrogen) atoms. The van der Waals surface area contributed by atoms with Crippen LogP contribution in [0.3, 0.4) is 0 Å². The molecule has 0 amide bonds. The van der Waals surface area contributed by atoms with Gasteiger partial charge in [-0.2, -0.15) is 4.39 Å². The summed E-state index contributed by atoms with van der Waals surface area (Å²) in [5, 5.41) is 0. The molecule has 0 N–H and O–H groups in total. The van der Waals surface area contributed by atoms with Crippen LogP contribution in [0.1, 0.15) is 86.2 Å². The van der Waals surface area contributed by atoms with E-state index < -0.39 is 23.4 Å². The van der Waals surface area contributed by atoms with E-state index in [2.05, 4.69) is 13.8 Å². The van der Waals surface area contributed by atoms with E-state index in [4.69, 9.17) is 4.74 Å². The SMILES string of the molecule is CCCCc1ccc(-c2ccc(C(=O)Oc3ccc(C4CCC(CC)CC4)c(F)c3F)cc2)c(F)c1. The molecule has 1 fully saturated rings. The first-order chi connectivity index (χ1) is 17.4. The third kappa shape index (κ3) is 5.83. The van der Waals surface area contributed by atoms with Crippen molar-refractivity contribution in [1.82, 2.24) is 0 Å². The van der Waals surface area contributed by atoms with Gasteiger partial charge in [-0.05, 0) is 91.3 Å². The second kappa shape index (κ2) is 11.8. The summed E-state index contributed by atoms with van der Waals surface area (Å²) < 4.78 is 49.4. The van der Waals surface area contributed by atoms with Crippen LogP contribution in [0, 0.1) is 23.4 Å². The molecule has 190 valence electrons. The third-order valence-corrected chi connectivity index (χ3v) is 7.43. The predicted molar refractivity (Wildman–Crippen MR) is 137 cm³/mol. The van der Waals surface area contributed by atoms with Crippen molar-refractivity contribution < 1.29 is 22.7 Å². The molecule has 2 nitrogen and oxygen atoms in total. The molecule has 0 saturated heterocycles. The summed E-state index contributed by atoms with van der Waals surface area (Å²) in [4.78, 5) is 12.6. The van der Waals surface area contributed by atoms with Crippen molar-refractivity contribution in [3.05, 3.63) is 88.7 Å². The lowest BCUT2D eigenvalue weighted by Gasteiger charge is -2.28. The van der Waals surface area contributed by atoms with Crippen molar-refractivity contribution >= 4 is 5.97 Å². The van der Waals surface area contributed by atoms with E-state index in [0.29, 0.717) is 22.6 Å². The van der Waals surface area contributed by atoms with E-state index in [9.17, 15) is 18.0 Å². The number of hydrogen-bond acceptors (Lipinski definition) is 2. The van der Waals surface area contributed by atoms with Crippen molar-refractivity contribution in [2.24, 2.45) is 5.92 Å². The van der Waals surface area contributed by atoms with Crippen LogP contribution in [0.5, 0.6) is 5.75 Å². The number of carbonyl (C=O) groups is 1. The Hall–Kier alpha value is -3.08. The molecule has 3 aromatic carbocycles. The highest BCUT2D eigenvalue weighted by atomic mass is 19.2. The van der Waals surface area contributed by atoms with Gasteiger partial charge in [-0.25, -0.2) is 13.6 Å². The molecule has 0 radical (unpaired) electrons. The Morgan fingerprint density at radius 3 is 2.25 bits per heavy atom. The molecule has 0 bridgehead atoms. The average molecular weight is 495 g/mol. The maximum atomic E-state index is 14.9.